The van der Waals surface area contributed by atoms with Gasteiger partial charge in [-0.1, -0.05) is 13.8 Å². The van der Waals surface area contributed by atoms with Crippen molar-refractivity contribution >= 4 is 23.6 Å². The standard InChI is InChI=1S/C11H17NO3S/c1-11(2)5-7(11)9(13)12-3-4-16-6-8(12)10(14)15/h7-8H,3-6H2,1-2H3,(H,14,15). The Balaban J connectivity index is 2.06. The van der Waals surface area contributed by atoms with E-state index in [2.05, 4.69) is 13.8 Å². The van der Waals surface area contributed by atoms with Crippen LogP contribution < -0.4 is 0 Å². The van der Waals surface area contributed by atoms with Gasteiger partial charge in [-0.15, -0.1) is 0 Å². The molecule has 0 aromatic heterocycles. The number of thioether (sulfide) groups is 1. The fourth-order valence-corrected chi connectivity index (χ4v) is 3.20. The lowest BCUT2D eigenvalue weighted by atomic mass is 10.1. The van der Waals surface area contributed by atoms with Crippen molar-refractivity contribution in [2.75, 3.05) is 18.1 Å². The van der Waals surface area contributed by atoms with E-state index in [9.17, 15) is 9.59 Å². The second-order valence-electron chi connectivity index (χ2n) is 5.21. The van der Waals surface area contributed by atoms with Crippen molar-refractivity contribution in [2.45, 2.75) is 26.3 Å². The van der Waals surface area contributed by atoms with Gasteiger partial charge in [-0.2, -0.15) is 11.8 Å². The number of amides is 1. The summed E-state index contributed by atoms with van der Waals surface area (Å²) < 4.78 is 0. The van der Waals surface area contributed by atoms with Gasteiger partial charge in [0.2, 0.25) is 5.91 Å². The number of nitrogens with zero attached hydrogens (tertiary/aromatic N) is 1. The second-order valence-corrected chi connectivity index (χ2v) is 6.36. The van der Waals surface area contributed by atoms with E-state index in [4.69, 9.17) is 5.11 Å². The summed E-state index contributed by atoms with van der Waals surface area (Å²) in [5, 5.41) is 9.08. The molecule has 90 valence electrons. The van der Waals surface area contributed by atoms with Gasteiger partial charge < -0.3 is 10.0 Å². The number of carboxylic acids is 1. The van der Waals surface area contributed by atoms with Crippen LogP contribution in [0.4, 0.5) is 0 Å². The molecule has 1 N–H and O–H groups in total. The van der Waals surface area contributed by atoms with Gasteiger partial charge in [-0.05, 0) is 11.8 Å². The highest BCUT2D eigenvalue weighted by Crippen LogP contribution is 2.52. The topological polar surface area (TPSA) is 57.6 Å². The quantitative estimate of drug-likeness (QED) is 0.788. The van der Waals surface area contributed by atoms with E-state index in [1.54, 1.807) is 16.7 Å². The summed E-state index contributed by atoms with van der Waals surface area (Å²) in [6.07, 6.45) is 0.891. The number of carbonyl (C=O) groups is 2. The Bertz CT molecular complexity index is 329. The largest absolute Gasteiger partial charge is 0.480 e. The van der Waals surface area contributed by atoms with Crippen molar-refractivity contribution in [3.05, 3.63) is 0 Å². The molecule has 0 bridgehead atoms. The van der Waals surface area contributed by atoms with Crippen LogP contribution in [0.5, 0.6) is 0 Å². The summed E-state index contributed by atoms with van der Waals surface area (Å²) in [6, 6.07) is -0.623. The minimum absolute atomic E-state index is 0.0393. The zero-order valence-corrected chi connectivity index (χ0v) is 10.4. The van der Waals surface area contributed by atoms with Crippen LogP contribution in [0.3, 0.4) is 0 Å². The molecule has 0 radical (unpaired) electrons. The predicted molar refractivity (Wildman–Crippen MR) is 62.3 cm³/mol. The average molecular weight is 243 g/mol. The van der Waals surface area contributed by atoms with E-state index in [0.29, 0.717) is 12.3 Å². The number of carboxylic acid groups (broad SMARTS) is 1. The summed E-state index contributed by atoms with van der Waals surface area (Å²) in [5.41, 5.74) is 0.0741. The second kappa shape index (κ2) is 3.95. The normalized spacial score (nSPS) is 32.2. The molecule has 2 fully saturated rings. The Hall–Kier alpha value is -0.710. The lowest BCUT2D eigenvalue weighted by molar-refractivity contribution is -0.150. The fourth-order valence-electron chi connectivity index (χ4n) is 2.16. The van der Waals surface area contributed by atoms with Crippen molar-refractivity contribution < 1.29 is 14.7 Å². The van der Waals surface area contributed by atoms with Crippen molar-refractivity contribution in [1.82, 2.24) is 4.90 Å². The minimum atomic E-state index is -0.876. The molecule has 4 nitrogen and oxygen atoms in total. The SMILES string of the molecule is CC1(C)CC1C(=O)N1CCSCC1C(=O)O. The summed E-state index contributed by atoms with van der Waals surface area (Å²) in [4.78, 5) is 24.8. The van der Waals surface area contributed by atoms with E-state index in [1.165, 1.54) is 0 Å². The van der Waals surface area contributed by atoms with Crippen LogP contribution in [0.1, 0.15) is 20.3 Å². The van der Waals surface area contributed by atoms with Crippen molar-refractivity contribution in [2.24, 2.45) is 11.3 Å². The van der Waals surface area contributed by atoms with Gasteiger partial charge in [-0.3, -0.25) is 4.79 Å². The van der Waals surface area contributed by atoms with E-state index < -0.39 is 12.0 Å². The van der Waals surface area contributed by atoms with Crippen LogP contribution >= 0.6 is 11.8 Å². The minimum Gasteiger partial charge on any atom is -0.480 e. The highest BCUT2D eigenvalue weighted by atomic mass is 32.2. The zero-order valence-electron chi connectivity index (χ0n) is 9.60. The Morgan fingerprint density at radius 3 is 2.56 bits per heavy atom. The van der Waals surface area contributed by atoms with E-state index >= 15 is 0 Å². The summed E-state index contributed by atoms with van der Waals surface area (Å²) in [7, 11) is 0. The van der Waals surface area contributed by atoms with Crippen LogP contribution in [-0.2, 0) is 9.59 Å². The Morgan fingerprint density at radius 1 is 1.44 bits per heavy atom. The molecule has 0 spiro atoms. The van der Waals surface area contributed by atoms with Gasteiger partial charge in [0.1, 0.15) is 6.04 Å². The van der Waals surface area contributed by atoms with E-state index in [1.807, 2.05) is 0 Å². The molecule has 2 rings (SSSR count). The molecule has 5 heteroatoms. The van der Waals surface area contributed by atoms with Crippen LogP contribution in [0.25, 0.3) is 0 Å². The van der Waals surface area contributed by atoms with Crippen LogP contribution in [0, 0.1) is 11.3 Å². The fraction of sp³-hybridized carbons (Fsp3) is 0.818. The maximum atomic E-state index is 12.1. The molecule has 1 saturated carbocycles. The Morgan fingerprint density at radius 2 is 2.06 bits per heavy atom. The van der Waals surface area contributed by atoms with Crippen LogP contribution in [0.15, 0.2) is 0 Å². The predicted octanol–water partition coefficient (Wildman–Crippen LogP) is 1.06. The monoisotopic (exact) mass is 243 g/mol. The highest BCUT2D eigenvalue weighted by Gasteiger charge is 2.53. The van der Waals surface area contributed by atoms with Gasteiger partial charge in [-0.25, -0.2) is 4.79 Å². The van der Waals surface area contributed by atoms with Crippen molar-refractivity contribution in [1.29, 1.82) is 0 Å². The van der Waals surface area contributed by atoms with Crippen LogP contribution in [-0.4, -0.2) is 46.0 Å². The van der Waals surface area contributed by atoms with Gasteiger partial charge >= 0.3 is 5.97 Å². The molecule has 0 aromatic rings. The molecule has 1 amide bonds. The molecule has 2 aliphatic rings. The molecule has 1 aliphatic heterocycles. The Labute approximate surface area is 99.4 Å². The summed E-state index contributed by atoms with van der Waals surface area (Å²) in [6.45, 7) is 4.70. The average Bonchev–Trinajstić information content (AvgIpc) is 2.86. The van der Waals surface area contributed by atoms with Crippen molar-refractivity contribution in [3.8, 4) is 0 Å². The molecule has 2 atom stereocenters. The lowest BCUT2D eigenvalue weighted by Gasteiger charge is -2.33. The van der Waals surface area contributed by atoms with Crippen molar-refractivity contribution in [3.63, 3.8) is 0 Å². The van der Waals surface area contributed by atoms with Gasteiger partial charge in [0.15, 0.2) is 0 Å². The molecule has 1 aliphatic carbocycles. The van der Waals surface area contributed by atoms with E-state index in [0.717, 1.165) is 12.2 Å². The maximum Gasteiger partial charge on any atom is 0.327 e. The zero-order chi connectivity index (χ0) is 11.9. The maximum absolute atomic E-state index is 12.1. The first-order valence-electron chi connectivity index (χ1n) is 5.54. The number of hydrogen-bond acceptors (Lipinski definition) is 3. The molecule has 0 aromatic carbocycles. The number of hydrogen-bond donors (Lipinski definition) is 1. The third-order valence-electron chi connectivity index (χ3n) is 3.51. The third kappa shape index (κ3) is 2.05. The van der Waals surface area contributed by atoms with Crippen LogP contribution in [0.2, 0.25) is 0 Å². The van der Waals surface area contributed by atoms with Gasteiger partial charge in [0, 0.05) is 24.0 Å². The summed E-state index contributed by atoms with van der Waals surface area (Å²) >= 11 is 1.61. The first kappa shape index (κ1) is 11.8. The summed E-state index contributed by atoms with van der Waals surface area (Å²) in [5.74, 6) is 0.575. The van der Waals surface area contributed by atoms with Gasteiger partial charge in [0.25, 0.3) is 0 Å². The van der Waals surface area contributed by atoms with E-state index in [-0.39, 0.29) is 17.2 Å². The number of aliphatic carboxylic acids is 1. The molecule has 2 unspecified atom stereocenters. The number of rotatable bonds is 2. The third-order valence-corrected chi connectivity index (χ3v) is 4.53. The molecular weight excluding hydrogens is 226 g/mol. The molecule has 1 saturated heterocycles. The number of carbonyl (C=O) groups excluding carboxylic acids is 1. The smallest absolute Gasteiger partial charge is 0.327 e. The molecule has 1 heterocycles. The molecular formula is C11H17NO3S. The first-order valence-corrected chi connectivity index (χ1v) is 6.70. The van der Waals surface area contributed by atoms with Gasteiger partial charge in [0.05, 0.1) is 0 Å². The lowest BCUT2D eigenvalue weighted by Crippen LogP contribution is -2.51. The first-order chi connectivity index (χ1) is 7.43. The molecule has 16 heavy (non-hydrogen) atoms. The highest BCUT2D eigenvalue weighted by molar-refractivity contribution is 7.99. The Kier molecular flexibility index (Phi) is 2.90.